The highest BCUT2D eigenvalue weighted by Crippen LogP contribution is 2.33. The molecular formula is C11H12ClF3N2S. The van der Waals surface area contributed by atoms with Crippen LogP contribution in [0.25, 0.3) is 0 Å². The van der Waals surface area contributed by atoms with Gasteiger partial charge in [0.2, 0.25) is 0 Å². The number of thioether (sulfide) groups is 1. The zero-order chi connectivity index (χ0) is 13.2. The van der Waals surface area contributed by atoms with E-state index in [1.807, 2.05) is 11.8 Å². The van der Waals surface area contributed by atoms with Crippen molar-refractivity contribution in [2.75, 3.05) is 16.8 Å². The first-order valence-electron chi connectivity index (χ1n) is 5.54. The van der Waals surface area contributed by atoms with Gasteiger partial charge in [0, 0.05) is 12.2 Å². The Labute approximate surface area is 112 Å². The van der Waals surface area contributed by atoms with Crippen LogP contribution in [0.1, 0.15) is 18.4 Å². The first-order chi connectivity index (χ1) is 8.47. The molecule has 2 heterocycles. The monoisotopic (exact) mass is 296 g/mol. The third-order valence-electron chi connectivity index (χ3n) is 2.73. The number of nitrogens with zero attached hydrogens (tertiary/aromatic N) is 1. The predicted molar refractivity (Wildman–Crippen MR) is 68.2 cm³/mol. The number of pyridine rings is 1. The third kappa shape index (κ3) is 3.45. The van der Waals surface area contributed by atoms with E-state index >= 15 is 0 Å². The first kappa shape index (κ1) is 13.8. The molecule has 1 aromatic heterocycles. The second-order valence-electron chi connectivity index (χ2n) is 4.08. The van der Waals surface area contributed by atoms with Crippen LogP contribution in [0.5, 0.6) is 0 Å². The summed E-state index contributed by atoms with van der Waals surface area (Å²) in [7, 11) is 0. The van der Waals surface area contributed by atoms with Gasteiger partial charge in [-0.05, 0) is 30.4 Å². The molecule has 0 bridgehead atoms. The summed E-state index contributed by atoms with van der Waals surface area (Å²) in [6.07, 6.45) is -1.64. The lowest BCUT2D eigenvalue weighted by molar-refractivity contribution is -0.137. The maximum atomic E-state index is 12.4. The number of alkyl halides is 3. The summed E-state index contributed by atoms with van der Waals surface area (Å²) in [6, 6.07) is 1.15. The Bertz CT molecular complexity index is 419. The molecule has 1 aliphatic rings. The van der Waals surface area contributed by atoms with Crippen molar-refractivity contribution in [2.45, 2.75) is 25.1 Å². The van der Waals surface area contributed by atoms with Gasteiger partial charge in [-0.2, -0.15) is 24.9 Å². The standard InChI is InChI=1S/C11H12ClF3N2S/c12-9-5-7(11(13,14)15)6-16-10(9)17-8-1-3-18-4-2-8/h5-6,8H,1-4H2,(H,16,17). The van der Waals surface area contributed by atoms with Crippen LogP contribution in [0.15, 0.2) is 12.3 Å². The van der Waals surface area contributed by atoms with Crippen LogP contribution in [-0.4, -0.2) is 22.5 Å². The topological polar surface area (TPSA) is 24.9 Å². The number of halogens is 4. The molecule has 0 unspecified atom stereocenters. The van der Waals surface area contributed by atoms with Gasteiger partial charge < -0.3 is 5.32 Å². The number of rotatable bonds is 2. The smallest absolute Gasteiger partial charge is 0.366 e. The van der Waals surface area contributed by atoms with Crippen molar-refractivity contribution in [2.24, 2.45) is 0 Å². The molecule has 0 aliphatic carbocycles. The second-order valence-corrected chi connectivity index (χ2v) is 5.72. The van der Waals surface area contributed by atoms with Crippen LogP contribution >= 0.6 is 23.4 Å². The van der Waals surface area contributed by atoms with Crippen molar-refractivity contribution >= 4 is 29.2 Å². The zero-order valence-corrected chi connectivity index (χ0v) is 11.0. The minimum atomic E-state index is -4.41. The summed E-state index contributed by atoms with van der Waals surface area (Å²) < 4.78 is 37.3. The molecule has 0 amide bonds. The van der Waals surface area contributed by atoms with Crippen LogP contribution in [0.3, 0.4) is 0 Å². The first-order valence-corrected chi connectivity index (χ1v) is 7.07. The highest BCUT2D eigenvalue weighted by atomic mass is 35.5. The molecule has 0 atom stereocenters. The summed E-state index contributed by atoms with van der Waals surface area (Å²) >= 11 is 7.70. The average Bonchev–Trinajstić information content (AvgIpc) is 2.32. The molecule has 100 valence electrons. The van der Waals surface area contributed by atoms with Gasteiger partial charge in [-0.3, -0.25) is 0 Å². The molecule has 1 saturated heterocycles. The van der Waals surface area contributed by atoms with Gasteiger partial charge in [0.15, 0.2) is 0 Å². The van der Waals surface area contributed by atoms with E-state index in [0.717, 1.165) is 36.6 Å². The Morgan fingerprint density at radius 2 is 2.00 bits per heavy atom. The van der Waals surface area contributed by atoms with Gasteiger partial charge in [-0.15, -0.1) is 0 Å². The van der Waals surface area contributed by atoms with E-state index in [1.165, 1.54) is 0 Å². The van der Waals surface area contributed by atoms with Crippen molar-refractivity contribution in [1.82, 2.24) is 4.98 Å². The lowest BCUT2D eigenvalue weighted by Crippen LogP contribution is -2.25. The molecule has 1 fully saturated rings. The number of hydrogen-bond acceptors (Lipinski definition) is 3. The molecule has 1 N–H and O–H groups in total. The minimum absolute atomic E-state index is 0.0167. The minimum Gasteiger partial charge on any atom is -0.366 e. The fourth-order valence-corrected chi connectivity index (χ4v) is 3.06. The van der Waals surface area contributed by atoms with E-state index in [2.05, 4.69) is 10.3 Å². The SMILES string of the molecule is FC(F)(F)c1cnc(NC2CCSCC2)c(Cl)c1. The van der Waals surface area contributed by atoms with Crippen molar-refractivity contribution in [3.8, 4) is 0 Å². The third-order valence-corrected chi connectivity index (χ3v) is 4.07. The van der Waals surface area contributed by atoms with Crippen molar-refractivity contribution in [3.05, 3.63) is 22.8 Å². The summed E-state index contributed by atoms with van der Waals surface area (Å²) in [4.78, 5) is 3.77. The van der Waals surface area contributed by atoms with E-state index in [-0.39, 0.29) is 11.1 Å². The van der Waals surface area contributed by atoms with Crippen LogP contribution in [0.4, 0.5) is 19.0 Å². The van der Waals surface area contributed by atoms with Crippen molar-refractivity contribution < 1.29 is 13.2 Å². The van der Waals surface area contributed by atoms with E-state index in [4.69, 9.17) is 11.6 Å². The molecule has 18 heavy (non-hydrogen) atoms. The van der Waals surface area contributed by atoms with Crippen molar-refractivity contribution in [1.29, 1.82) is 0 Å². The number of anilines is 1. The number of hydrogen-bond donors (Lipinski definition) is 1. The summed E-state index contributed by atoms with van der Waals surface area (Å²) in [5.41, 5.74) is -0.822. The Balaban J connectivity index is 2.09. The maximum absolute atomic E-state index is 12.4. The van der Waals surface area contributed by atoms with Gasteiger partial charge in [0.05, 0.1) is 10.6 Å². The Kier molecular flexibility index (Phi) is 4.27. The molecular weight excluding hydrogens is 285 g/mol. The van der Waals surface area contributed by atoms with Crippen LogP contribution in [0, 0.1) is 0 Å². The molecule has 0 spiro atoms. The highest BCUT2D eigenvalue weighted by Gasteiger charge is 2.31. The molecule has 1 aliphatic heterocycles. The van der Waals surface area contributed by atoms with Crippen LogP contribution < -0.4 is 5.32 Å². The van der Waals surface area contributed by atoms with Gasteiger partial charge in [0.25, 0.3) is 0 Å². The number of nitrogens with one attached hydrogen (secondary N) is 1. The van der Waals surface area contributed by atoms with Crippen molar-refractivity contribution in [3.63, 3.8) is 0 Å². The molecule has 0 aromatic carbocycles. The normalized spacial score (nSPS) is 17.8. The quantitative estimate of drug-likeness (QED) is 0.891. The Morgan fingerprint density at radius 1 is 1.33 bits per heavy atom. The highest BCUT2D eigenvalue weighted by molar-refractivity contribution is 7.99. The van der Waals surface area contributed by atoms with E-state index in [1.54, 1.807) is 0 Å². The van der Waals surface area contributed by atoms with E-state index in [0.29, 0.717) is 5.82 Å². The maximum Gasteiger partial charge on any atom is 0.417 e. The number of aromatic nitrogens is 1. The molecule has 7 heteroatoms. The average molecular weight is 297 g/mol. The molecule has 1 aromatic rings. The van der Waals surface area contributed by atoms with E-state index < -0.39 is 11.7 Å². The Hall–Kier alpha value is -0.620. The summed E-state index contributed by atoms with van der Waals surface area (Å²) in [6.45, 7) is 0. The van der Waals surface area contributed by atoms with Gasteiger partial charge in [-0.25, -0.2) is 4.98 Å². The zero-order valence-electron chi connectivity index (χ0n) is 9.43. The molecule has 2 nitrogen and oxygen atoms in total. The lowest BCUT2D eigenvalue weighted by atomic mass is 10.1. The molecule has 0 saturated carbocycles. The molecule has 0 radical (unpaired) electrons. The van der Waals surface area contributed by atoms with Crippen LogP contribution in [-0.2, 0) is 6.18 Å². The fourth-order valence-electron chi connectivity index (χ4n) is 1.73. The summed E-state index contributed by atoms with van der Waals surface area (Å²) in [5, 5.41) is 3.12. The predicted octanol–water partition coefficient (Wildman–Crippen LogP) is 4.06. The molecule has 2 rings (SSSR count). The largest absolute Gasteiger partial charge is 0.417 e. The van der Waals surface area contributed by atoms with Gasteiger partial charge >= 0.3 is 6.18 Å². The van der Waals surface area contributed by atoms with E-state index in [9.17, 15) is 13.2 Å². The lowest BCUT2D eigenvalue weighted by Gasteiger charge is -2.23. The fraction of sp³-hybridized carbons (Fsp3) is 0.545. The van der Waals surface area contributed by atoms with Gasteiger partial charge in [0.1, 0.15) is 5.82 Å². The van der Waals surface area contributed by atoms with Crippen LogP contribution in [0.2, 0.25) is 5.02 Å². The van der Waals surface area contributed by atoms with Gasteiger partial charge in [-0.1, -0.05) is 11.6 Å². The summed E-state index contributed by atoms with van der Waals surface area (Å²) in [5.74, 6) is 2.44. The second kappa shape index (κ2) is 5.57. The Morgan fingerprint density at radius 3 is 2.56 bits per heavy atom.